The lowest BCUT2D eigenvalue weighted by Gasteiger charge is -2.25. The fourth-order valence-corrected chi connectivity index (χ4v) is 4.64. The molecule has 45 heavy (non-hydrogen) atoms. The van der Waals surface area contributed by atoms with Crippen LogP contribution >= 0.6 is 0 Å². The molecule has 0 aliphatic heterocycles. The molecule has 5 aromatic rings. The van der Waals surface area contributed by atoms with E-state index in [1.165, 1.54) is 5.56 Å². The standard InChI is InChI=1S/C31H34N6O.C2HF3O2/c1-21-13-15-23(16-14-21)20-37-28(17-22-9-5-4-6-10-22)35-36-29(37)27(34-30(38)31(2,3)32)18-24-19-33-26-12-8-7-11-25(24)26;3-2(4,5)1(6)7/h4-16,19,27,33H,17-18,20,32H2,1-3H3,(H,34,38);(H,6,7)/t27-;/m1./s1. The van der Waals surface area contributed by atoms with Crippen molar-refractivity contribution in [2.24, 2.45) is 5.73 Å². The molecule has 0 unspecified atom stereocenters. The molecule has 0 fully saturated rings. The molecule has 0 saturated heterocycles. The minimum Gasteiger partial charge on any atom is -0.475 e. The van der Waals surface area contributed by atoms with E-state index in [0.717, 1.165) is 33.4 Å². The third kappa shape index (κ3) is 8.79. The van der Waals surface area contributed by atoms with Gasteiger partial charge in [0.2, 0.25) is 5.91 Å². The lowest BCUT2D eigenvalue weighted by Crippen LogP contribution is -2.50. The fraction of sp³-hybridized carbons (Fsp3) is 0.273. The minimum atomic E-state index is -5.08. The lowest BCUT2D eigenvalue weighted by atomic mass is 10.0. The number of aromatic amines is 1. The summed E-state index contributed by atoms with van der Waals surface area (Å²) in [6.45, 7) is 6.10. The van der Waals surface area contributed by atoms with Crippen LogP contribution in [-0.2, 0) is 29.0 Å². The number of nitrogens with zero attached hydrogens (tertiary/aromatic N) is 3. The van der Waals surface area contributed by atoms with Crippen molar-refractivity contribution >= 4 is 22.8 Å². The summed E-state index contributed by atoms with van der Waals surface area (Å²) in [6.07, 6.45) is -1.90. The molecule has 9 nitrogen and oxygen atoms in total. The number of hydrogen-bond acceptors (Lipinski definition) is 5. The van der Waals surface area contributed by atoms with Crippen molar-refractivity contribution in [2.75, 3.05) is 0 Å². The summed E-state index contributed by atoms with van der Waals surface area (Å²) < 4.78 is 33.9. The first-order valence-corrected chi connectivity index (χ1v) is 14.2. The number of aromatic nitrogens is 4. The van der Waals surface area contributed by atoms with Crippen LogP contribution in [0, 0.1) is 6.92 Å². The Balaban J connectivity index is 0.000000591. The molecular weight excluding hydrogens is 585 g/mol. The molecule has 0 radical (unpaired) electrons. The van der Waals surface area contributed by atoms with Crippen molar-refractivity contribution in [2.45, 2.75) is 57.9 Å². The first kappa shape index (κ1) is 32.9. The van der Waals surface area contributed by atoms with Gasteiger partial charge in [-0.2, -0.15) is 13.2 Å². The summed E-state index contributed by atoms with van der Waals surface area (Å²) in [5, 5.41) is 20.7. The number of rotatable bonds is 9. The van der Waals surface area contributed by atoms with Crippen molar-refractivity contribution in [3.63, 3.8) is 0 Å². The number of carbonyl (C=O) groups is 2. The van der Waals surface area contributed by atoms with Gasteiger partial charge in [0.1, 0.15) is 5.82 Å². The SMILES string of the molecule is Cc1ccc(Cn2c(Cc3ccccc3)nnc2[C@@H](Cc2c[nH]c3ccccc23)NC(=O)C(C)(C)N)cc1.O=C(O)C(F)(F)F. The number of aliphatic carboxylic acids is 1. The number of benzene rings is 3. The second-order valence-electron chi connectivity index (χ2n) is 11.3. The summed E-state index contributed by atoms with van der Waals surface area (Å²) in [4.78, 5) is 25.4. The summed E-state index contributed by atoms with van der Waals surface area (Å²) in [5.41, 5.74) is 10.8. The molecule has 0 aliphatic carbocycles. The number of amides is 1. The summed E-state index contributed by atoms with van der Waals surface area (Å²) >= 11 is 0. The highest BCUT2D eigenvalue weighted by atomic mass is 19.4. The smallest absolute Gasteiger partial charge is 0.475 e. The normalized spacial score (nSPS) is 12.3. The zero-order valence-corrected chi connectivity index (χ0v) is 25.1. The van der Waals surface area contributed by atoms with Crippen LogP contribution in [0.4, 0.5) is 13.2 Å². The van der Waals surface area contributed by atoms with Crippen LogP contribution < -0.4 is 11.1 Å². The molecule has 0 bridgehead atoms. The van der Waals surface area contributed by atoms with Gasteiger partial charge in [-0.1, -0.05) is 78.4 Å². The predicted octanol–water partition coefficient (Wildman–Crippen LogP) is 5.48. The van der Waals surface area contributed by atoms with Gasteiger partial charge < -0.3 is 25.7 Å². The van der Waals surface area contributed by atoms with Crippen molar-refractivity contribution in [3.8, 4) is 0 Å². The molecule has 1 atom stereocenters. The van der Waals surface area contributed by atoms with Crippen LogP contribution in [0.25, 0.3) is 10.9 Å². The molecule has 5 N–H and O–H groups in total. The number of fused-ring (bicyclic) bond motifs is 1. The number of carbonyl (C=O) groups excluding carboxylic acids is 1. The molecule has 3 aromatic carbocycles. The van der Waals surface area contributed by atoms with Gasteiger partial charge in [0.15, 0.2) is 5.82 Å². The third-order valence-electron chi connectivity index (χ3n) is 7.07. The zero-order valence-electron chi connectivity index (χ0n) is 25.1. The molecule has 2 aromatic heterocycles. The minimum absolute atomic E-state index is 0.239. The maximum atomic E-state index is 13.1. The quantitative estimate of drug-likeness (QED) is 0.172. The van der Waals surface area contributed by atoms with E-state index in [-0.39, 0.29) is 5.91 Å². The largest absolute Gasteiger partial charge is 0.490 e. The molecule has 0 aliphatic rings. The Hall–Kier alpha value is -4.97. The van der Waals surface area contributed by atoms with E-state index in [9.17, 15) is 18.0 Å². The van der Waals surface area contributed by atoms with Gasteiger partial charge in [-0.25, -0.2) is 4.79 Å². The Morgan fingerprint density at radius 1 is 0.956 bits per heavy atom. The highest BCUT2D eigenvalue weighted by Gasteiger charge is 2.38. The van der Waals surface area contributed by atoms with Crippen LogP contribution in [-0.4, -0.2) is 48.4 Å². The maximum absolute atomic E-state index is 13.1. The number of nitrogens with one attached hydrogen (secondary N) is 2. The Bertz CT molecular complexity index is 1740. The van der Waals surface area contributed by atoms with Crippen molar-refractivity contribution in [3.05, 3.63) is 119 Å². The second kappa shape index (κ2) is 13.8. The first-order chi connectivity index (χ1) is 21.2. The average Bonchev–Trinajstić information content (AvgIpc) is 3.57. The second-order valence-corrected chi connectivity index (χ2v) is 11.3. The number of nitrogens with two attached hydrogens (primary N) is 1. The number of hydrogen-bond donors (Lipinski definition) is 4. The molecule has 2 heterocycles. The van der Waals surface area contributed by atoms with Gasteiger partial charge in [0.25, 0.3) is 0 Å². The highest BCUT2D eigenvalue weighted by molar-refractivity contribution is 5.86. The molecule has 236 valence electrons. The van der Waals surface area contributed by atoms with E-state index in [2.05, 4.69) is 74.5 Å². The molecular formula is C33H35F3N6O3. The molecule has 5 rings (SSSR count). The van der Waals surface area contributed by atoms with Gasteiger partial charge in [-0.05, 0) is 43.5 Å². The van der Waals surface area contributed by atoms with E-state index in [1.807, 2.05) is 42.6 Å². The molecule has 0 spiro atoms. The van der Waals surface area contributed by atoms with E-state index in [1.54, 1.807) is 13.8 Å². The fourth-order valence-electron chi connectivity index (χ4n) is 4.64. The number of para-hydroxylation sites is 1. The van der Waals surface area contributed by atoms with Gasteiger partial charge >= 0.3 is 12.1 Å². The van der Waals surface area contributed by atoms with E-state index in [4.69, 9.17) is 15.6 Å². The van der Waals surface area contributed by atoms with Crippen LogP contribution in [0.5, 0.6) is 0 Å². The Morgan fingerprint density at radius 3 is 2.20 bits per heavy atom. The summed E-state index contributed by atoms with van der Waals surface area (Å²) in [5.74, 6) is -1.44. The Morgan fingerprint density at radius 2 is 1.58 bits per heavy atom. The number of alkyl halides is 3. The van der Waals surface area contributed by atoms with Crippen molar-refractivity contribution < 1.29 is 27.9 Å². The van der Waals surface area contributed by atoms with Gasteiger partial charge in [0, 0.05) is 29.9 Å². The van der Waals surface area contributed by atoms with Gasteiger partial charge in [0.05, 0.1) is 18.1 Å². The van der Waals surface area contributed by atoms with E-state index >= 15 is 0 Å². The number of H-pyrrole nitrogens is 1. The van der Waals surface area contributed by atoms with Gasteiger partial charge in [-0.15, -0.1) is 10.2 Å². The number of aryl methyl sites for hydroxylation is 1. The Labute approximate surface area is 258 Å². The zero-order chi connectivity index (χ0) is 32.8. The monoisotopic (exact) mass is 620 g/mol. The lowest BCUT2D eigenvalue weighted by molar-refractivity contribution is -0.192. The van der Waals surface area contributed by atoms with E-state index in [0.29, 0.717) is 25.2 Å². The maximum Gasteiger partial charge on any atom is 0.490 e. The van der Waals surface area contributed by atoms with Crippen LogP contribution in [0.15, 0.2) is 85.1 Å². The van der Waals surface area contributed by atoms with E-state index < -0.39 is 23.7 Å². The molecule has 12 heteroatoms. The van der Waals surface area contributed by atoms with Crippen molar-refractivity contribution in [1.82, 2.24) is 25.1 Å². The highest BCUT2D eigenvalue weighted by Crippen LogP contribution is 2.26. The van der Waals surface area contributed by atoms with Crippen LogP contribution in [0.1, 0.15) is 53.8 Å². The summed E-state index contributed by atoms with van der Waals surface area (Å²) in [7, 11) is 0. The molecule has 0 saturated carbocycles. The third-order valence-corrected chi connectivity index (χ3v) is 7.07. The van der Waals surface area contributed by atoms with Crippen LogP contribution in [0.3, 0.4) is 0 Å². The van der Waals surface area contributed by atoms with Crippen molar-refractivity contribution in [1.29, 1.82) is 0 Å². The predicted molar refractivity (Wildman–Crippen MR) is 164 cm³/mol. The molecule has 1 amide bonds. The van der Waals surface area contributed by atoms with Crippen LogP contribution in [0.2, 0.25) is 0 Å². The van der Waals surface area contributed by atoms with Gasteiger partial charge in [-0.3, -0.25) is 4.79 Å². The number of halogens is 3. The first-order valence-electron chi connectivity index (χ1n) is 14.2. The number of carboxylic acids is 1. The Kier molecular flexibility index (Phi) is 10.1. The topological polar surface area (TPSA) is 139 Å². The average molecular weight is 621 g/mol. The number of carboxylic acid groups (broad SMARTS) is 1. The summed E-state index contributed by atoms with van der Waals surface area (Å²) in [6, 6.07) is 26.5.